The van der Waals surface area contributed by atoms with E-state index in [9.17, 15) is 19.8 Å². The van der Waals surface area contributed by atoms with Crippen LogP contribution in [-0.2, 0) is 14.3 Å². The maximum atomic E-state index is 12.5. The summed E-state index contributed by atoms with van der Waals surface area (Å²) in [4.78, 5) is 24.6. The first-order valence-corrected chi connectivity index (χ1v) is 39.3. The molecule has 0 spiro atoms. The lowest BCUT2D eigenvalue weighted by molar-refractivity contribution is -0.143. The van der Waals surface area contributed by atoms with Gasteiger partial charge in [0.05, 0.1) is 25.4 Å². The summed E-state index contributed by atoms with van der Waals surface area (Å²) < 4.78 is 5.48. The molecule has 508 valence electrons. The van der Waals surface area contributed by atoms with Gasteiger partial charge in [-0.1, -0.05) is 403 Å². The molecule has 0 bridgehead atoms. The van der Waals surface area contributed by atoms with E-state index in [0.29, 0.717) is 19.4 Å². The molecule has 0 rings (SSSR count). The molecule has 86 heavy (non-hydrogen) atoms. The minimum Gasteiger partial charge on any atom is -0.466 e. The Hall–Kier alpha value is -1.92. The maximum Gasteiger partial charge on any atom is 0.305 e. The van der Waals surface area contributed by atoms with E-state index in [1.165, 1.54) is 360 Å². The quantitative estimate of drug-likeness (QED) is 0.0320. The third-order valence-corrected chi connectivity index (χ3v) is 18.4. The van der Waals surface area contributed by atoms with Crippen molar-refractivity contribution >= 4 is 11.9 Å². The van der Waals surface area contributed by atoms with E-state index in [-0.39, 0.29) is 18.5 Å². The fourth-order valence-electron chi connectivity index (χ4n) is 12.4. The van der Waals surface area contributed by atoms with E-state index in [4.69, 9.17) is 4.74 Å². The van der Waals surface area contributed by atoms with Gasteiger partial charge >= 0.3 is 5.97 Å². The van der Waals surface area contributed by atoms with Crippen LogP contribution in [0.15, 0.2) is 36.5 Å². The lowest BCUT2D eigenvalue weighted by Crippen LogP contribution is -2.45. The SMILES string of the molecule is CCC/C=C\C/C=C\CCCCCCCC(=O)OCCCCCCCCCCCCCCCCCCCCCCCCCCCCCCCCCCCCCCCC(=O)NC(CO)C(O)/C=C/CCCCCCCCCCCCCCCCCCC. The number of amides is 1. The minimum absolute atomic E-state index is 0.00821. The molecule has 0 aromatic rings. The van der Waals surface area contributed by atoms with E-state index in [1.54, 1.807) is 6.08 Å². The van der Waals surface area contributed by atoms with Crippen molar-refractivity contribution in [2.75, 3.05) is 13.2 Å². The van der Waals surface area contributed by atoms with Gasteiger partial charge in [-0.05, 0) is 57.8 Å². The van der Waals surface area contributed by atoms with Gasteiger partial charge in [0.15, 0.2) is 0 Å². The maximum absolute atomic E-state index is 12.5. The molecule has 3 N–H and O–H groups in total. The summed E-state index contributed by atoms with van der Waals surface area (Å²) in [7, 11) is 0. The predicted molar refractivity (Wildman–Crippen MR) is 379 cm³/mol. The Balaban J connectivity index is 3.32. The average molecular weight is 1210 g/mol. The normalized spacial score (nSPS) is 12.7. The van der Waals surface area contributed by atoms with Crippen molar-refractivity contribution in [3.8, 4) is 0 Å². The number of aliphatic hydroxyl groups is 2. The van der Waals surface area contributed by atoms with E-state index >= 15 is 0 Å². The van der Waals surface area contributed by atoms with Crippen LogP contribution in [0.25, 0.3) is 0 Å². The van der Waals surface area contributed by atoms with Gasteiger partial charge in [-0.3, -0.25) is 9.59 Å². The average Bonchev–Trinajstić information content (AvgIpc) is 3.55. The first-order chi connectivity index (χ1) is 42.5. The summed E-state index contributed by atoms with van der Waals surface area (Å²) in [5.74, 6) is -0.0500. The Morgan fingerprint density at radius 3 is 0.930 bits per heavy atom. The largest absolute Gasteiger partial charge is 0.466 e. The number of carbonyl (C=O) groups is 2. The Morgan fingerprint density at radius 2 is 0.605 bits per heavy atom. The zero-order valence-electron chi connectivity index (χ0n) is 58.3. The molecule has 0 radical (unpaired) electrons. The van der Waals surface area contributed by atoms with E-state index < -0.39 is 12.1 Å². The highest BCUT2D eigenvalue weighted by Crippen LogP contribution is 2.20. The molecule has 0 aromatic heterocycles. The highest BCUT2D eigenvalue weighted by molar-refractivity contribution is 5.76. The molecule has 0 aliphatic rings. The Labute approximate surface area is 538 Å². The number of ether oxygens (including phenoxy) is 1. The fourth-order valence-corrected chi connectivity index (χ4v) is 12.4. The molecular formula is C80H153NO5. The summed E-state index contributed by atoms with van der Waals surface area (Å²) in [6.07, 6.45) is 98.5. The van der Waals surface area contributed by atoms with Crippen molar-refractivity contribution in [1.29, 1.82) is 0 Å². The molecule has 6 heteroatoms. The molecule has 0 fully saturated rings. The van der Waals surface area contributed by atoms with Gasteiger partial charge in [-0.25, -0.2) is 0 Å². The summed E-state index contributed by atoms with van der Waals surface area (Å²) in [5.41, 5.74) is 0. The molecule has 2 unspecified atom stereocenters. The van der Waals surface area contributed by atoms with E-state index in [1.807, 2.05) is 6.08 Å². The monoisotopic (exact) mass is 1210 g/mol. The second kappa shape index (κ2) is 75.5. The number of esters is 1. The number of hydrogen-bond donors (Lipinski definition) is 3. The van der Waals surface area contributed by atoms with Gasteiger partial charge in [0.25, 0.3) is 0 Å². The van der Waals surface area contributed by atoms with Gasteiger partial charge in [0.1, 0.15) is 0 Å². The van der Waals surface area contributed by atoms with Crippen LogP contribution in [0, 0.1) is 0 Å². The molecule has 2 atom stereocenters. The van der Waals surface area contributed by atoms with Crippen LogP contribution in [0.1, 0.15) is 438 Å². The molecule has 0 saturated carbocycles. The lowest BCUT2D eigenvalue weighted by atomic mass is 10.0. The second-order valence-electron chi connectivity index (χ2n) is 27.0. The van der Waals surface area contributed by atoms with Crippen molar-refractivity contribution in [2.24, 2.45) is 0 Å². The highest BCUT2D eigenvalue weighted by Gasteiger charge is 2.18. The standard InChI is InChI=1S/C80H153NO5/c1-3-5-7-9-11-13-15-17-18-19-39-42-45-49-52-56-60-64-68-72-78(83)77(76-82)81-79(84)73-69-65-61-57-53-50-46-43-40-37-35-33-31-29-27-25-23-21-20-22-24-26-28-30-32-34-36-38-41-44-47-51-55-59-63-67-71-75-86-80(85)74-70-66-62-58-54-48-16-14-12-10-8-6-4-2/h8,10,14,16,68,72,77-78,82-83H,3-7,9,11-13,15,17-67,69-71,73-76H2,1-2H3,(H,81,84)/b10-8-,16-14-,72-68+. The van der Waals surface area contributed by atoms with E-state index in [0.717, 1.165) is 51.4 Å². The zero-order chi connectivity index (χ0) is 62.0. The van der Waals surface area contributed by atoms with Crippen LogP contribution in [0.4, 0.5) is 0 Å². The molecular weight excluding hydrogens is 1050 g/mol. The van der Waals surface area contributed by atoms with Crippen LogP contribution in [0.2, 0.25) is 0 Å². The third-order valence-electron chi connectivity index (χ3n) is 18.4. The van der Waals surface area contributed by atoms with Crippen LogP contribution < -0.4 is 5.32 Å². The summed E-state index contributed by atoms with van der Waals surface area (Å²) >= 11 is 0. The van der Waals surface area contributed by atoms with Gasteiger partial charge in [-0.2, -0.15) is 0 Å². The second-order valence-corrected chi connectivity index (χ2v) is 27.0. The number of rotatable bonds is 74. The Bertz CT molecular complexity index is 1390. The van der Waals surface area contributed by atoms with Crippen LogP contribution in [-0.4, -0.2) is 47.4 Å². The number of allylic oxidation sites excluding steroid dienone is 5. The number of nitrogens with one attached hydrogen (secondary N) is 1. The van der Waals surface area contributed by atoms with Crippen molar-refractivity contribution in [3.63, 3.8) is 0 Å². The summed E-state index contributed by atoms with van der Waals surface area (Å²) in [5, 5.41) is 23.3. The Kier molecular flexibility index (Phi) is 73.9. The van der Waals surface area contributed by atoms with Crippen LogP contribution >= 0.6 is 0 Å². The summed E-state index contributed by atoms with van der Waals surface area (Å²) in [6, 6.07) is -0.624. The molecule has 0 aromatic carbocycles. The zero-order valence-corrected chi connectivity index (χ0v) is 58.3. The first kappa shape index (κ1) is 84.1. The van der Waals surface area contributed by atoms with Crippen LogP contribution in [0.3, 0.4) is 0 Å². The fraction of sp³-hybridized carbons (Fsp3) is 0.900. The van der Waals surface area contributed by atoms with Crippen molar-refractivity contribution < 1.29 is 24.5 Å². The predicted octanol–water partition coefficient (Wildman–Crippen LogP) is 25.8. The number of carbonyl (C=O) groups excluding carboxylic acids is 2. The molecule has 0 saturated heterocycles. The van der Waals surface area contributed by atoms with Gasteiger partial charge in [-0.15, -0.1) is 0 Å². The summed E-state index contributed by atoms with van der Waals surface area (Å²) in [6.45, 7) is 4.88. The van der Waals surface area contributed by atoms with Crippen LogP contribution in [0.5, 0.6) is 0 Å². The molecule has 0 heterocycles. The van der Waals surface area contributed by atoms with Gasteiger partial charge < -0.3 is 20.3 Å². The molecule has 0 aliphatic heterocycles. The Morgan fingerprint density at radius 1 is 0.326 bits per heavy atom. The number of hydrogen-bond acceptors (Lipinski definition) is 5. The van der Waals surface area contributed by atoms with Gasteiger partial charge in [0, 0.05) is 12.8 Å². The van der Waals surface area contributed by atoms with Gasteiger partial charge in [0.2, 0.25) is 5.91 Å². The highest BCUT2D eigenvalue weighted by atomic mass is 16.5. The number of unbranched alkanes of at least 4 members (excludes halogenated alkanes) is 59. The molecule has 1 amide bonds. The van der Waals surface area contributed by atoms with Crippen molar-refractivity contribution in [3.05, 3.63) is 36.5 Å². The lowest BCUT2D eigenvalue weighted by Gasteiger charge is -2.20. The molecule has 0 aliphatic carbocycles. The molecule has 6 nitrogen and oxygen atoms in total. The number of aliphatic hydroxyl groups excluding tert-OH is 2. The minimum atomic E-state index is -0.841. The van der Waals surface area contributed by atoms with Crippen molar-refractivity contribution in [1.82, 2.24) is 5.32 Å². The first-order valence-electron chi connectivity index (χ1n) is 39.3. The third kappa shape index (κ3) is 71.2. The topological polar surface area (TPSA) is 95.9 Å². The smallest absolute Gasteiger partial charge is 0.305 e. The van der Waals surface area contributed by atoms with E-state index in [2.05, 4.69) is 43.5 Å². The van der Waals surface area contributed by atoms with Crippen molar-refractivity contribution in [2.45, 2.75) is 450 Å².